The minimum absolute atomic E-state index is 0.0967. The second kappa shape index (κ2) is 8.16. The van der Waals surface area contributed by atoms with E-state index in [1.165, 1.54) is 9.80 Å². The standard InChI is InChI=1S/C14H20N2O4/c1-15(8-7-13(18)19)14(20)16(9-10-17)11-12-5-3-2-4-6-12/h2-6,17H,7-11H2,1H3,(H,18,19). The van der Waals surface area contributed by atoms with Crippen LogP contribution in [0, 0.1) is 0 Å². The van der Waals surface area contributed by atoms with E-state index in [9.17, 15) is 9.59 Å². The van der Waals surface area contributed by atoms with Crippen molar-refractivity contribution in [3.05, 3.63) is 35.9 Å². The average molecular weight is 280 g/mol. The normalized spacial score (nSPS) is 10.1. The number of carbonyl (C=O) groups excluding carboxylic acids is 1. The Morgan fingerprint density at radius 1 is 1.15 bits per heavy atom. The first kappa shape index (κ1) is 16.0. The molecule has 0 bridgehead atoms. The number of hydrogen-bond donors (Lipinski definition) is 2. The van der Waals surface area contributed by atoms with Crippen molar-refractivity contribution < 1.29 is 19.8 Å². The first-order chi connectivity index (χ1) is 9.54. The Bertz CT molecular complexity index is 436. The van der Waals surface area contributed by atoms with Crippen molar-refractivity contribution in [3.8, 4) is 0 Å². The van der Waals surface area contributed by atoms with E-state index in [1.807, 2.05) is 30.3 Å². The lowest BCUT2D eigenvalue weighted by Crippen LogP contribution is -2.42. The van der Waals surface area contributed by atoms with Gasteiger partial charge in [-0.15, -0.1) is 0 Å². The van der Waals surface area contributed by atoms with E-state index in [-0.39, 0.29) is 32.1 Å². The SMILES string of the molecule is CN(CCC(=O)O)C(=O)N(CCO)Cc1ccccc1. The maximum Gasteiger partial charge on any atom is 0.320 e. The van der Waals surface area contributed by atoms with E-state index in [2.05, 4.69) is 0 Å². The first-order valence-electron chi connectivity index (χ1n) is 6.41. The second-order valence-electron chi connectivity index (χ2n) is 4.48. The zero-order valence-corrected chi connectivity index (χ0v) is 11.5. The molecule has 1 aromatic rings. The molecule has 6 heteroatoms. The number of nitrogens with zero attached hydrogens (tertiary/aromatic N) is 2. The molecule has 0 radical (unpaired) electrons. The lowest BCUT2D eigenvalue weighted by molar-refractivity contribution is -0.137. The van der Waals surface area contributed by atoms with Crippen LogP contribution < -0.4 is 0 Å². The molecular weight excluding hydrogens is 260 g/mol. The number of amides is 2. The van der Waals surface area contributed by atoms with Gasteiger partial charge in [-0.05, 0) is 5.56 Å². The van der Waals surface area contributed by atoms with Gasteiger partial charge in [0.2, 0.25) is 0 Å². The Morgan fingerprint density at radius 2 is 1.80 bits per heavy atom. The highest BCUT2D eigenvalue weighted by atomic mass is 16.4. The lowest BCUT2D eigenvalue weighted by atomic mass is 10.2. The maximum atomic E-state index is 12.2. The van der Waals surface area contributed by atoms with E-state index < -0.39 is 5.97 Å². The summed E-state index contributed by atoms with van der Waals surface area (Å²) in [6.45, 7) is 0.610. The Labute approximate surface area is 118 Å². The fraction of sp³-hybridized carbons (Fsp3) is 0.429. The molecule has 110 valence electrons. The fourth-order valence-corrected chi connectivity index (χ4v) is 1.77. The van der Waals surface area contributed by atoms with Crippen LogP contribution in [0.3, 0.4) is 0 Å². The quantitative estimate of drug-likeness (QED) is 0.781. The maximum absolute atomic E-state index is 12.2. The van der Waals surface area contributed by atoms with Crippen LogP contribution in [0.2, 0.25) is 0 Å². The van der Waals surface area contributed by atoms with Gasteiger partial charge in [0.25, 0.3) is 0 Å². The highest BCUT2D eigenvalue weighted by molar-refractivity contribution is 5.75. The summed E-state index contributed by atoms with van der Waals surface area (Å²) in [4.78, 5) is 25.6. The molecule has 0 unspecified atom stereocenters. The summed E-state index contributed by atoms with van der Waals surface area (Å²) in [5.74, 6) is -0.943. The molecule has 0 spiro atoms. The number of aliphatic hydroxyl groups excluding tert-OH is 1. The molecule has 0 aliphatic carbocycles. The number of hydrogen-bond acceptors (Lipinski definition) is 3. The van der Waals surface area contributed by atoms with Gasteiger partial charge in [-0.1, -0.05) is 30.3 Å². The van der Waals surface area contributed by atoms with Crippen LogP contribution in [0.25, 0.3) is 0 Å². The highest BCUT2D eigenvalue weighted by Gasteiger charge is 2.18. The van der Waals surface area contributed by atoms with E-state index in [0.29, 0.717) is 6.54 Å². The topological polar surface area (TPSA) is 81.1 Å². The van der Waals surface area contributed by atoms with Crippen molar-refractivity contribution in [3.63, 3.8) is 0 Å². The number of carboxylic acids is 1. The van der Waals surface area contributed by atoms with Crippen molar-refractivity contribution in [1.82, 2.24) is 9.80 Å². The third kappa shape index (κ3) is 5.27. The second-order valence-corrected chi connectivity index (χ2v) is 4.48. The number of benzene rings is 1. The predicted octanol–water partition coefficient (Wildman–Crippen LogP) is 1.01. The summed E-state index contributed by atoms with van der Waals surface area (Å²) in [6, 6.07) is 9.16. The number of aliphatic hydroxyl groups is 1. The van der Waals surface area contributed by atoms with Gasteiger partial charge in [-0.25, -0.2) is 4.79 Å². The molecule has 0 atom stereocenters. The van der Waals surface area contributed by atoms with Crippen molar-refractivity contribution in [2.24, 2.45) is 0 Å². The molecule has 0 heterocycles. The minimum Gasteiger partial charge on any atom is -0.481 e. The first-order valence-corrected chi connectivity index (χ1v) is 6.41. The van der Waals surface area contributed by atoms with E-state index in [0.717, 1.165) is 5.56 Å². The van der Waals surface area contributed by atoms with Crippen molar-refractivity contribution >= 4 is 12.0 Å². The van der Waals surface area contributed by atoms with Crippen LogP contribution in [-0.4, -0.2) is 58.8 Å². The smallest absolute Gasteiger partial charge is 0.320 e. The number of aliphatic carboxylic acids is 1. The summed E-state index contributed by atoms with van der Waals surface area (Å²) in [5.41, 5.74) is 0.959. The van der Waals surface area contributed by atoms with Crippen LogP contribution in [0.1, 0.15) is 12.0 Å². The largest absolute Gasteiger partial charge is 0.481 e. The number of rotatable bonds is 7. The molecule has 6 nitrogen and oxygen atoms in total. The van der Waals surface area contributed by atoms with E-state index >= 15 is 0 Å². The monoisotopic (exact) mass is 280 g/mol. The number of carboxylic acid groups (broad SMARTS) is 1. The van der Waals surface area contributed by atoms with Gasteiger partial charge < -0.3 is 20.0 Å². The molecule has 0 saturated carbocycles. The molecule has 2 amide bonds. The summed E-state index contributed by atoms with van der Waals surface area (Å²) in [6.07, 6.45) is -0.0967. The third-order valence-corrected chi connectivity index (χ3v) is 2.84. The minimum atomic E-state index is -0.943. The Hall–Kier alpha value is -2.08. The predicted molar refractivity (Wildman–Crippen MR) is 74.2 cm³/mol. The molecule has 1 aromatic carbocycles. The Kier molecular flexibility index (Phi) is 6.52. The summed E-state index contributed by atoms with van der Waals surface area (Å²) in [7, 11) is 1.56. The summed E-state index contributed by atoms with van der Waals surface area (Å²) >= 11 is 0. The molecule has 0 fully saturated rings. The Balaban J connectivity index is 2.64. The zero-order chi connectivity index (χ0) is 15.0. The fourth-order valence-electron chi connectivity index (χ4n) is 1.77. The van der Waals surface area contributed by atoms with Crippen molar-refractivity contribution in [2.75, 3.05) is 26.7 Å². The zero-order valence-electron chi connectivity index (χ0n) is 11.5. The molecule has 2 N–H and O–H groups in total. The Morgan fingerprint density at radius 3 is 2.35 bits per heavy atom. The van der Waals surface area contributed by atoms with E-state index in [1.54, 1.807) is 7.05 Å². The van der Waals surface area contributed by atoms with Gasteiger partial charge in [0.1, 0.15) is 0 Å². The lowest BCUT2D eigenvalue weighted by Gasteiger charge is -2.27. The van der Waals surface area contributed by atoms with Crippen molar-refractivity contribution in [2.45, 2.75) is 13.0 Å². The number of urea groups is 1. The van der Waals surface area contributed by atoms with E-state index in [4.69, 9.17) is 10.2 Å². The molecular formula is C14H20N2O4. The van der Waals surface area contributed by atoms with Gasteiger partial charge in [0, 0.05) is 26.7 Å². The van der Waals surface area contributed by atoms with Crippen LogP contribution in [0.5, 0.6) is 0 Å². The summed E-state index contributed by atoms with van der Waals surface area (Å²) < 4.78 is 0. The van der Waals surface area contributed by atoms with Gasteiger partial charge in [0.05, 0.1) is 13.0 Å². The molecule has 0 aliphatic heterocycles. The number of carbonyl (C=O) groups is 2. The van der Waals surface area contributed by atoms with Gasteiger partial charge >= 0.3 is 12.0 Å². The average Bonchev–Trinajstić information content (AvgIpc) is 2.44. The van der Waals surface area contributed by atoms with Gasteiger partial charge in [0.15, 0.2) is 0 Å². The molecule has 0 aromatic heterocycles. The molecule has 0 saturated heterocycles. The van der Waals surface area contributed by atoms with Crippen LogP contribution in [0.15, 0.2) is 30.3 Å². The summed E-state index contributed by atoms with van der Waals surface area (Å²) in [5, 5.41) is 17.7. The van der Waals surface area contributed by atoms with Crippen LogP contribution in [0.4, 0.5) is 4.79 Å². The molecule has 0 aliphatic rings. The van der Waals surface area contributed by atoms with Crippen molar-refractivity contribution in [1.29, 1.82) is 0 Å². The van der Waals surface area contributed by atoms with Gasteiger partial charge in [-0.2, -0.15) is 0 Å². The molecule has 1 rings (SSSR count). The van der Waals surface area contributed by atoms with Crippen LogP contribution >= 0.6 is 0 Å². The highest BCUT2D eigenvalue weighted by Crippen LogP contribution is 2.07. The van der Waals surface area contributed by atoms with Gasteiger partial charge in [-0.3, -0.25) is 4.79 Å². The molecule has 20 heavy (non-hydrogen) atoms. The third-order valence-electron chi connectivity index (χ3n) is 2.84. The van der Waals surface area contributed by atoms with Crippen LogP contribution in [-0.2, 0) is 11.3 Å².